The number of furan rings is 1. The minimum Gasteiger partial charge on any atom is -0.497 e. The Morgan fingerprint density at radius 2 is 1.74 bits per heavy atom. The first-order valence-corrected chi connectivity index (χ1v) is 13.3. The molecule has 0 unspecified atom stereocenters. The zero-order valence-electron chi connectivity index (χ0n) is 21.3. The number of nitrogens with one attached hydrogen (secondary N) is 1. The number of sulfonamides is 1. The van der Waals surface area contributed by atoms with E-state index in [4.69, 9.17) is 13.9 Å². The Morgan fingerprint density at radius 3 is 2.39 bits per heavy atom. The summed E-state index contributed by atoms with van der Waals surface area (Å²) in [6.07, 6.45) is 2.04. The quantitative estimate of drug-likeness (QED) is 0.310. The monoisotopic (exact) mass is 536 g/mol. The largest absolute Gasteiger partial charge is 0.497 e. The third-order valence-corrected chi connectivity index (χ3v) is 7.56. The van der Waals surface area contributed by atoms with Gasteiger partial charge in [0.15, 0.2) is 0 Å². The van der Waals surface area contributed by atoms with Crippen molar-refractivity contribution >= 4 is 28.0 Å². The summed E-state index contributed by atoms with van der Waals surface area (Å²) in [6.45, 7) is 1.98. The molecule has 1 N–H and O–H groups in total. The molecule has 2 heterocycles. The van der Waals surface area contributed by atoms with Crippen LogP contribution in [0.15, 0.2) is 92.9 Å². The molecule has 198 valence electrons. The lowest BCUT2D eigenvalue weighted by atomic mass is 10.1. The van der Waals surface area contributed by atoms with Crippen molar-refractivity contribution in [2.75, 3.05) is 20.8 Å². The van der Waals surface area contributed by atoms with Gasteiger partial charge in [-0.1, -0.05) is 30.3 Å². The van der Waals surface area contributed by atoms with Gasteiger partial charge < -0.3 is 18.8 Å². The fraction of sp³-hybridized carbons (Fsp3) is 0.214. The maximum atomic E-state index is 13.3. The topological polar surface area (TPSA) is 115 Å². The highest BCUT2D eigenvalue weighted by Crippen LogP contribution is 2.32. The van der Waals surface area contributed by atoms with Gasteiger partial charge in [0.2, 0.25) is 10.0 Å². The van der Waals surface area contributed by atoms with Crippen molar-refractivity contribution in [1.29, 1.82) is 0 Å². The van der Waals surface area contributed by atoms with Gasteiger partial charge in [-0.2, -0.15) is 0 Å². The van der Waals surface area contributed by atoms with Crippen LogP contribution in [0.5, 0.6) is 5.75 Å². The Kier molecular flexibility index (Phi) is 8.13. The number of carbonyl (C=O) groups excluding carboxylic acids is 2. The maximum Gasteiger partial charge on any atom is 0.340 e. The number of esters is 1. The molecular weight excluding hydrogens is 508 g/mol. The van der Waals surface area contributed by atoms with E-state index in [0.717, 1.165) is 11.3 Å². The van der Waals surface area contributed by atoms with Crippen LogP contribution in [0, 0.1) is 0 Å². The average molecular weight is 537 g/mol. The van der Waals surface area contributed by atoms with Crippen LogP contribution in [0.4, 0.5) is 0 Å². The molecule has 0 saturated heterocycles. The van der Waals surface area contributed by atoms with E-state index in [-0.39, 0.29) is 28.5 Å². The Balaban J connectivity index is 1.51. The minimum absolute atomic E-state index is 0.0823. The third-order valence-electron chi connectivity index (χ3n) is 6.14. The summed E-state index contributed by atoms with van der Waals surface area (Å²) in [5.41, 5.74) is 1.81. The minimum atomic E-state index is -3.71. The molecule has 0 aliphatic carbocycles. The van der Waals surface area contributed by atoms with Crippen molar-refractivity contribution < 1.29 is 31.9 Å². The number of carbonyl (C=O) groups is 2. The molecule has 3 aromatic rings. The number of nitrogens with zero attached hydrogens (tertiary/aromatic N) is 1. The van der Waals surface area contributed by atoms with Gasteiger partial charge >= 0.3 is 5.97 Å². The molecule has 9 nitrogen and oxygen atoms in total. The molecule has 1 aliphatic heterocycles. The van der Waals surface area contributed by atoms with Crippen LogP contribution in [0.2, 0.25) is 0 Å². The molecule has 0 fully saturated rings. The fourth-order valence-corrected chi connectivity index (χ4v) is 5.10. The molecule has 1 amide bonds. The van der Waals surface area contributed by atoms with Crippen molar-refractivity contribution in [2.24, 2.45) is 0 Å². The highest BCUT2D eigenvalue weighted by atomic mass is 32.2. The Bertz CT molecular complexity index is 1490. The standard InChI is InChI=1S/C28H28N2O7S/c1-19-26(28(32)36-3)25(27(31)30(19)16-15-20-9-11-21(35-2)12-10-20)17-22-13-14-23(37-22)18-29-38(33,34)24-7-5-4-6-8-24/h4-14,17,29H,15-16,18H2,1-3H3/b25-17+. The van der Waals surface area contributed by atoms with Gasteiger partial charge in [-0.25, -0.2) is 17.9 Å². The predicted octanol–water partition coefficient (Wildman–Crippen LogP) is 3.68. The number of hydrogen-bond donors (Lipinski definition) is 1. The molecule has 0 spiro atoms. The van der Waals surface area contributed by atoms with Gasteiger partial charge in [0.1, 0.15) is 17.3 Å². The van der Waals surface area contributed by atoms with Crippen LogP contribution in [-0.4, -0.2) is 46.0 Å². The third kappa shape index (κ3) is 5.87. The molecule has 38 heavy (non-hydrogen) atoms. The highest BCUT2D eigenvalue weighted by molar-refractivity contribution is 7.89. The smallest absolute Gasteiger partial charge is 0.340 e. The number of benzene rings is 2. The van der Waals surface area contributed by atoms with E-state index < -0.39 is 16.0 Å². The van der Waals surface area contributed by atoms with Crippen molar-refractivity contribution in [1.82, 2.24) is 9.62 Å². The zero-order valence-corrected chi connectivity index (χ0v) is 22.1. The Hall–Kier alpha value is -4.15. The van der Waals surface area contributed by atoms with Crippen molar-refractivity contribution in [3.63, 3.8) is 0 Å². The van der Waals surface area contributed by atoms with E-state index in [1.807, 2.05) is 24.3 Å². The van der Waals surface area contributed by atoms with Crippen LogP contribution in [0.25, 0.3) is 6.08 Å². The second-order valence-electron chi connectivity index (χ2n) is 8.51. The van der Waals surface area contributed by atoms with Crippen LogP contribution >= 0.6 is 0 Å². The van der Waals surface area contributed by atoms with E-state index >= 15 is 0 Å². The molecule has 0 bridgehead atoms. The average Bonchev–Trinajstić information content (AvgIpc) is 3.48. The molecular formula is C28H28N2O7S. The first-order valence-electron chi connectivity index (χ1n) is 11.8. The van der Waals surface area contributed by atoms with Gasteiger partial charge in [-0.05, 0) is 61.4 Å². The van der Waals surface area contributed by atoms with E-state index in [1.165, 1.54) is 25.3 Å². The zero-order chi connectivity index (χ0) is 27.3. The summed E-state index contributed by atoms with van der Waals surface area (Å²) in [5, 5.41) is 0. The summed E-state index contributed by atoms with van der Waals surface area (Å²) in [4.78, 5) is 27.6. The van der Waals surface area contributed by atoms with Crippen molar-refractivity contribution in [2.45, 2.75) is 24.8 Å². The summed E-state index contributed by atoms with van der Waals surface area (Å²) < 4.78 is 43.3. The van der Waals surface area contributed by atoms with Crippen molar-refractivity contribution in [3.05, 3.63) is 101 Å². The van der Waals surface area contributed by atoms with Crippen LogP contribution in [-0.2, 0) is 37.3 Å². The first-order chi connectivity index (χ1) is 18.2. The van der Waals surface area contributed by atoms with E-state index in [0.29, 0.717) is 30.2 Å². The first kappa shape index (κ1) is 26.9. The summed E-state index contributed by atoms with van der Waals surface area (Å²) >= 11 is 0. The number of methoxy groups -OCH3 is 2. The normalized spacial score (nSPS) is 14.9. The van der Waals surface area contributed by atoms with Gasteiger partial charge in [0.05, 0.1) is 36.8 Å². The number of allylic oxidation sites excluding steroid dienone is 1. The van der Waals surface area contributed by atoms with Gasteiger partial charge in [-0.3, -0.25) is 4.79 Å². The maximum absolute atomic E-state index is 13.3. The molecule has 0 saturated carbocycles. The SMILES string of the molecule is COC(=O)C1=C(C)N(CCc2ccc(OC)cc2)C(=O)/C1=C/c1ccc(CNS(=O)(=O)c2ccccc2)o1. The second-order valence-corrected chi connectivity index (χ2v) is 10.3. The lowest BCUT2D eigenvalue weighted by molar-refractivity contribution is -0.136. The molecule has 0 radical (unpaired) electrons. The lowest BCUT2D eigenvalue weighted by Crippen LogP contribution is -2.27. The molecule has 1 aromatic heterocycles. The number of ether oxygens (including phenoxy) is 2. The van der Waals surface area contributed by atoms with E-state index in [9.17, 15) is 18.0 Å². The van der Waals surface area contributed by atoms with Gasteiger partial charge in [0.25, 0.3) is 5.91 Å². The summed E-state index contributed by atoms with van der Waals surface area (Å²) in [7, 11) is -0.858. The van der Waals surface area contributed by atoms with E-state index in [2.05, 4.69) is 4.72 Å². The lowest BCUT2D eigenvalue weighted by Gasteiger charge is -2.17. The van der Waals surface area contributed by atoms with Gasteiger partial charge in [-0.15, -0.1) is 0 Å². The van der Waals surface area contributed by atoms with Crippen LogP contribution < -0.4 is 9.46 Å². The predicted molar refractivity (Wildman–Crippen MR) is 140 cm³/mol. The second kappa shape index (κ2) is 11.5. The molecule has 0 atom stereocenters. The van der Waals surface area contributed by atoms with Crippen LogP contribution in [0.1, 0.15) is 24.0 Å². The van der Waals surface area contributed by atoms with Crippen LogP contribution in [0.3, 0.4) is 0 Å². The van der Waals surface area contributed by atoms with Crippen molar-refractivity contribution in [3.8, 4) is 5.75 Å². The number of rotatable bonds is 10. The molecule has 1 aliphatic rings. The highest BCUT2D eigenvalue weighted by Gasteiger charge is 2.37. The van der Waals surface area contributed by atoms with Gasteiger partial charge in [0, 0.05) is 12.2 Å². The fourth-order valence-electron chi connectivity index (χ4n) is 4.09. The Labute approximate surface area is 221 Å². The Morgan fingerprint density at radius 1 is 1.03 bits per heavy atom. The molecule has 4 rings (SSSR count). The number of hydrogen-bond acceptors (Lipinski definition) is 7. The summed E-state index contributed by atoms with van der Waals surface area (Å²) in [5.74, 6) is 0.411. The molecule has 2 aromatic carbocycles. The van der Waals surface area contributed by atoms with E-state index in [1.54, 1.807) is 49.3 Å². The number of amides is 1. The summed E-state index contributed by atoms with van der Waals surface area (Å²) in [6, 6.07) is 18.8. The molecule has 10 heteroatoms.